The van der Waals surface area contributed by atoms with E-state index < -0.39 is 26.9 Å². The molecule has 4 aromatic rings. The van der Waals surface area contributed by atoms with Gasteiger partial charge >= 0.3 is 13.8 Å². The second kappa shape index (κ2) is 13.9. The van der Waals surface area contributed by atoms with Crippen molar-refractivity contribution in [3.8, 4) is 17.2 Å². The van der Waals surface area contributed by atoms with E-state index in [1.165, 1.54) is 32.7 Å². The molecular weight excluding hydrogens is 559 g/mol. The Labute approximate surface area is 234 Å². The second-order valence-electron chi connectivity index (χ2n) is 8.43. The Kier molecular flexibility index (Phi) is 10.1. The lowest BCUT2D eigenvalue weighted by Gasteiger charge is -2.19. The average molecular weight is 589 g/mol. The number of H-pyrrole nitrogens is 1. The molecule has 0 aliphatic carbocycles. The van der Waals surface area contributed by atoms with Crippen LogP contribution >= 0.6 is 7.60 Å². The number of carbonyl (C=O) groups excluding carboxylic acids is 1. The largest absolute Gasteiger partial charge is 0.515 e. The van der Waals surface area contributed by atoms with Crippen LogP contribution in [0.3, 0.4) is 0 Å². The number of aryl methyl sites for hydroxylation is 1. The van der Waals surface area contributed by atoms with Gasteiger partial charge in [-0.05, 0) is 24.6 Å². The predicted molar refractivity (Wildman–Crippen MR) is 145 cm³/mol. The van der Waals surface area contributed by atoms with Gasteiger partial charge in [-0.2, -0.15) is 0 Å². The topological polar surface area (TPSA) is 162 Å². The van der Waals surface area contributed by atoms with Crippen molar-refractivity contribution < 1.29 is 42.1 Å². The second-order valence-corrected chi connectivity index (χ2v) is 10.4. The number of methoxy groups -OCH3 is 2. The molecule has 0 bridgehead atoms. The summed E-state index contributed by atoms with van der Waals surface area (Å²) in [4.78, 5) is 35.2. The van der Waals surface area contributed by atoms with Gasteiger partial charge in [-0.1, -0.05) is 30.3 Å². The summed E-state index contributed by atoms with van der Waals surface area (Å²) >= 11 is 0. The van der Waals surface area contributed by atoms with E-state index in [2.05, 4.69) is 15.0 Å². The van der Waals surface area contributed by atoms with Crippen molar-refractivity contribution in [3.05, 3.63) is 76.6 Å². The zero-order valence-corrected chi connectivity index (χ0v) is 23.5. The number of hydrogen-bond acceptors (Lipinski definition) is 12. The van der Waals surface area contributed by atoms with Crippen molar-refractivity contribution in [2.24, 2.45) is 0 Å². The third-order valence-electron chi connectivity index (χ3n) is 5.57. The number of imidazole rings is 1. The highest BCUT2D eigenvalue weighted by atomic mass is 31.2. The fourth-order valence-electron chi connectivity index (χ4n) is 3.59. The van der Waals surface area contributed by atoms with Crippen molar-refractivity contribution in [1.82, 2.24) is 19.5 Å². The lowest BCUT2D eigenvalue weighted by molar-refractivity contribution is 0.0153. The molecule has 1 N–H and O–H groups in total. The van der Waals surface area contributed by atoms with Crippen molar-refractivity contribution >= 4 is 24.9 Å². The fraction of sp³-hybridized carbons (Fsp3) is 0.308. The summed E-state index contributed by atoms with van der Waals surface area (Å²) in [5.74, 6) is 1.39. The Balaban J connectivity index is 1.33. The number of aromatic amines is 1. The van der Waals surface area contributed by atoms with Crippen LogP contribution in [0, 0.1) is 6.92 Å². The summed E-state index contributed by atoms with van der Waals surface area (Å²) in [6, 6.07) is 13.5. The summed E-state index contributed by atoms with van der Waals surface area (Å²) in [6.07, 6.45) is -0.0686. The summed E-state index contributed by atoms with van der Waals surface area (Å²) in [5, 5.41) is 0. The zero-order valence-electron chi connectivity index (χ0n) is 22.6. The van der Waals surface area contributed by atoms with E-state index in [0.717, 1.165) is 5.56 Å². The molecule has 2 aromatic heterocycles. The molecule has 1 unspecified atom stereocenters. The average Bonchev–Trinajstić information content (AvgIpc) is 3.37. The highest BCUT2D eigenvalue weighted by molar-refractivity contribution is 7.53. The van der Waals surface area contributed by atoms with E-state index in [4.69, 9.17) is 32.7 Å². The van der Waals surface area contributed by atoms with E-state index in [-0.39, 0.29) is 36.6 Å². The molecule has 0 radical (unpaired) electrons. The van der Waals surface area contributed by atoms with Crippen molar-refractivity contribution in [2.75, 3.05) is 34.0 Å². The zero-order chi connectivity index (χ0) is 29.2. The fourth-order valence-corrected chi connectivity index (χ4v) is 4.72. The lowest BCUT2D eigenvalue weighted by atomic mass is 10.2. The summed E-state index contributed by atoms with van der Waals surface area (Å²) in [6.45, 7) is 1.25. The van der Waals surface area contributed by atoms with Gasteiger partial charge in [-0.3, -0.25) is 13.9 Å². The maximum Gasteiger partial charge on any atom is 0.515 e. The third kappa shape index (κ3) is 8.14. The molecule has 4 rings (SSSR count). The number of nitrogens with one attached hydrogen (secondary N) is 1. The van der Waals surface area contributed by atoms with Crippen LogP contribution in [0.25, 0.3) is 11.2 Å². The summed E-state index contributed by atoms with van der Waals surface area (Å²) < 4.78 is 52.0. The molecule has 0 aliphatic rings. The molecule has 0 spiro atoms. The van der Waals surface area contributed by atoms with Gasteiger partial charge in [0.15, 0.2) is 22.7 Å². The molecule has 218 valence electrons. The Hall–Kier alpha value is -4.23. The minimum absolute atomic E-state index is 0.0320. The number of carbonyl (C=O) groups is 1. The van der Waals surface area contributed by atoms with Crippen LogP contribution in [0.2, 0.25) is 0 Å². The Morgan fingerprint density at radius 2 is 1.83 bits per heavy atom. The molecule has 0 aliphatic heterocycles. The van der Waals surface area contributed by atoms with Crippen LogP contribution in [-0.4, -0.2) is 59.6 Å². The van der Waals surface area contributed by atoms with Crippen LogP contribution in [0.1, 0.15) is 11.4 Å². The number of aromatic nitrogens is 4. The Morgan fingerprint density at radius 1 is 1.05 bits per heavy atom. The molecule has 1 atom stereocenters. The molecule has 41 heavy (non-hydrogen) atoms. The minimum Gasteiger partial charge on any atom is -0.493 e. The molecule has 15 heteroatoms. The van der Waals surface area contributed by atoms with Gasteiger partial charge < -0.3 is 37.8 Å². The van der Waals surface area contributed by atoms with E-state index in [9.17, 15) is 14.2 Å². The predicted octanol–water partition coefficient (Wildman–Crippen LogP) is 4.02. The van der Waals surface area contributed by atoms with Gasteiger partial charge in [-0.25, -0.2) is 14.8 Å². The van der Waals surface area contributed by atoms with E-state index >= 15 is 0 Å². The third-order valence-corrected chi connectivity index (χ3v) is 7.09. The van der Waals surface area contributed by atoms with Crippen LogP contribution in [0.5, 0.6) is 17.2 Å². The van der Waals surface area contributed by atoms with Crippen LogP contribution in [0.4, 0.5) is 4.79 Å². The SMILES string of the molecule is COc1ccc(OC(=O)OCOP(=O)(COCCn2cnc3c(=O)[nH]c(C)nc32)OCc2ccccc2)cc1OC. The van der Waals surface area contributed by atoms with E-state index in [1.54, 1.807) is 29.7 Å². The van der Waals surface area contributed by atoms with Crippen molar-refractivity contribution in [2.45, 2.75) is 20.1 Å². The smallest absolute Gasteiger partial charge is 0.493 e. The number of fused-ring (bicyclic) bond motifs is 1. The molecule has 2 heterocycles. The lowest BCUT2D eigenvalue weighted by Crippen LogP contribution is -2.15. The first-order valence-corrected chi connectivity index (χ1v) is 14.0. The highest BCUT2D eigenvalue weighted by Crippen LogP contribution is 2.49. The van der Waals surface area contributed by atoms with Gasteiger partial charge in [0.2, 0.25) is 6.79 Å². The van der Waals surface area contributed by atoms with E-state index in [0.29, 0.717) is 23.0 Å². The maximum absolute atomic E-state index is 13.4. The van der Waals surface area contributed by atoms with Gasteiger partial charge in [0, 0.05) is 12.6 Å². The first-order chi connectivity index (χ1) is 19.8. The Bertz CT molecular complexity index is 1570. The Morgan fingerprint density at radius 3 is 2.59 bits per heavy atom. The number of nitrogens with zero attached hydrogens (tertiary/aromatic N) is 3. The maximum atomic E-state index is 13.4. The normalized spacial score (nSPS) is 12.6. The first-order valence-electron chi connectivity index (χ1n) is 12.3. The number of ether oxygens (including phenoxy) is 5. The summed E-state index contributed by atoms with van der Waals surface area (Å²) in [7, 11) is -0.982. The molecular formula is C26H29N4O10P. The summed E-state index contributed by atoms with van der Waals surface area (Å²) in [5.41, 5.74) is 1.01. The van der Waals surface area contributed by atoms with Crippen LogP contribution in [0.15, 0.2) is 59.7 Å². The molecule has 0 saturated heterocycles. The standard InChI is InChI=1S/C26H29N4O10P/c1-18-28-24-23(25(31)29-18)27-15-30(24)11-12-36-17-41(33,38-14-19-7-5-4-6-8-19)39-16-37-26(32)40-20-9-10-21(34-2)22(13-20)35-3/h4-10,13,15H,11-12,14,16-17H2,1-3H3,(H,28,29,31). The minimum atomic E-state index is -3.90. The monoisotopic (exact) mass is 588 g/mol. The van der Waals surface area contributed by atoms with Gasteiger partial charge in [0.1, 0.15) is 17.9 Å². The van der Waals surface area contributed by atoms with Gasteiger partial charge in [-0.15, -0.1) is 0 Å². The number of hydrogen-bond donors (Lipinski definition) is 1. The molecule has 14 nitrogen and oxygen atoms in total. The molecule has 2 aromatic carbocycles. The molecule has 0 saturated carbocycles. The number of rotatable bonds is 14. The van der Waals surface area contributed by atoms with Gasteiger partial charge in [0.05, 0.1) is 33.8 Å². The van der Waals surface area contributed by atoms with Crippen molar-refractivity contribution in [3.63, 3.8) is 0 Å². The first kappa shape index (κ1) is 29.7. The molecule has 0 fully saturated rings. The highest BCUT2D eigenvalue weighted by Gasteiger charge is 2.27. The molecule has 0 amide bonds. The van der Waals surface area contributed by atoms with Crippen LogP contribution < -0.4 is 19.8 Å². The van der Waals surface area contributed by atoms with Crippen LogP contribution in [-0.2, 0) is 36.2 Å². The van der Waals surface area contributed by atoms with Gasteiger partial charge in [0.25, 0.3) is 5.56 Å². The number of benzene rings is 2. The quantitative estimate of drug-likeness (QED) is 0.0741. The van der Waals surface area contributed by atoms with Crippen molar-refractivity contribution in [1.29, 1.82) is 0 Å². The van der Waals surface area contributed by atoms with E-state index in [1.807, 2.05) is 18.2 Å².